The third-order valence-electron chi connectivity index (χ3n) is 5.11. The fourth-order valence-corrected chi connectivity index (χ4v) is 3.71. The fraction of sp³-hybridized carbons (Fsp3) is 0.444. The number of fused-ring (bicyclic) bond motifs is 3. The van der Waals surface area contributed by atoms with Crippen LogP contribution in [0.1, 0.15) is 18.4 Å². The van der Waals surface area contributed by atoms with Gasteiger partial charge in [-0.3, -0.25) is 0 Å². The summed E-state index contributed by atoms with van der Waals surface area (Å²) in [5, 5.41) is 3.46. The molecule has 1 aromatic carbocycles. The summed E-state index contributed by atoms with van der Waals surface area (Å²) in [5.41, 5.74) is 1.21. The molecular formula is C18H19F3N2O. The smallest absolute Gasteiger partial charge is 0.367 e. The van der Waals surface area contributed by atoms with Crippen LogP contribution in [0.25, 0.3) is 0 Å². The van der Waals surface area contributed by atoms with Crippen molar-refractivity contribution in [3.05, 3.63) is 54.3 Å². The second kappa shape index (κ2) is 5.63. The molecule has 128 valence electrons. The molecule has 3 atom stereocenters. The van der Waals surface area contributed by atoms with Gasteiger partial charge < -0.3 is 15.0 Å². The van der Waals surface area contributed by atoms with E-state index in [0.29, 0.717) is 18.3 Å². The molecule has 0 radical (unpaired) electrons. The molecule has 2 bridgehead atoms. The zero-order valence-corrected chi connectivity index (χ0v) is 13.1. The molecule has 1 N–H and O–H groups in total. The van der Waals surface area contributed by atoms with Gasteiger partial charge in [0.2, 0.25) is 0 Å². The molecule has 4 heterocycles. The van der Waals surface area contributed by atoms with Crippen LogP contribution >= 0.6 is 0 Å². The van der Waals surface area contributed by atoms with E-state index >= 15 is 0 Å². The summed E-state index contributed by atoms with van der Waals surface area (Å²) in [5.74, 6) is 0. The molecule has 0 aromatic heterocycles. The number of alkyl halides is 3. The highest BCUT2D eigenvalue weighted by atomic mass is 19.4. The normalized spacial score (nSPS) is 32.4. The Kier molecular flexibility index (Phi) is 3.69. The highest BCUT2D eigenvalue weighted by Gasteiger charge is 2.44. The average molecular weight is 336 g/mol. The van der Waals surface area contributed by atoms with Gasteiger partial charge in [0.05, 0.1) is 6.61 Å². The first-order chi connectivity index (χ1) is 11.5. The number of piperidine rings is 1. The van der Waals surface area contributed by atoms with Crippen molar-refractivity contribution in [2.75, 3.05) is 18.1 Å². The van der Waals surface area contributed by atoms with Crippen molar-refractivity contribution in [3.63, 3.8) is 0 Å². The maximum Gasteiger partial charge on any atom is 0.412 e. The molecule has 3 nitrogen and oxygen atoms in total. The molecule has 4 aliphatic heterocycles. The number of rotatable bonds is 2. The van der Waals surface area contributed by atoms with Crippen LogP contribution < -0.4 is 10.2 Å². The third-order valence-corrected chi connectivity index (χ3v) is 5.11. The molecule has 0 amide bonds. The van der Waals surface area contributed by atoms with Crippen molar-refractivity contribution in [3.8, 4) is 0 Å². The van der Waals surface area contributed by atoms with Gasteiger partial charge in [-0.1, -0.05) is 24.3 Å². The number of hydrogen-bond acceptors (Lipinski definition) is 3. The maximum absolute atomic E-state index is 13.2. The summed E-state index contributed by atoms with van der Waals surface area (Å²) in [4.78, 5) is 1.25. The van der Waals surface area contributed by atoms with Gasteiger partial charge in [-0.15, -0.1) is 0 Å². The molecule has 4 aliphatic rings. The zero-order chi connectivity index (χ0) is 16.8. The molecule has 0 spiro atoms. The number of nitrogens with zero attached hydrogens (tertiary/aromatic N) is 1. The Morgan fingerprint density at radius 1 is 1.17 bits per heavy atom. The average Bonchev–Trinajstić information content (AvgIpc) is 2.63. The van der Waals surface area contributed by atoms with Gasteiger partial charge in [-0.05, 0) is 36.6 Å². The Balaban J connectivity index is 1.60. The van der Waals surface area contributed by atoms with Crippen LogP contribution in [0.5, 0.6) is 0 Å². The summed E-state index contributed by atoms with van der Waals surface area (Å²) >= 11 is 0. The Hall–Kier alpha value is -1.79. The number of allylic oxidation sites excluding steroid dienone is 2. The first kappa shape index (κ1) is 15.7. The number of nitrogens with one attached hydrogen (secondary N) is 1. The standard InChI is InChI=1S/C18H19F3N2O/c19-18(20,21)16-3-1-2-10-23(16)15-6-4-13(5-7-15)17-9-8-14(11-24-17)22-12-17/h1-7,10,14,16,22H,8-9,11-12H2. The second-order valence-electron chi connectivity index (χ2n) is 6.59. The van der Waals surface area contributed by atoms with E-state index in [9.17, 15) is 13.2 Å². The number of morpholine rings is 1. The molecule has 6 heteroatoms. The van der Waals surface area contributed by atoms with Crippen molar-refractivity contribution >= 4 is 5.69 Å². The van der Waals surface area contributed by atoms with Crippen molar-refractivity contribution in [2.24, 2.45) is 0 Å². The van der Waals surface area contributed by atoms with E-state index in [4.69, 9.17) is 4.74 Å². The molecular weight excluding hydrogens is 317 g/mol. The monoisotopic (exact) mass is 336 g/mol. The van der Waals surface area contributed by atoms with E-state index in [1.807, 2.05) is 12.1 Å². The van der Waals surface area contributed by atoms with E-state index < -0.39 is 12.2 Å². The van der Waals surface area contributed by atoms with Crippen molar-refractivity contribution in [1.29, 1.82) is 0 Å². The highest BCUT2D eigenvalue weighted by Crippen LogP contribution is 2.39. The van der Waals surface area contributed by atoms with Crippen LogP contribution in [0, 0.1) is 0 Å². The fourth-order valence-electron chi connectivity index (χ4n) is 3.71. The van der Waals surface area contributed by atoms with Gasteiger partial charge in [0, 0.05) is 24.5 Å². The first-order valence-corrected chi connectivity index (χ1v) is 8.16. The maximum atomic E-state index is 13.2. The lowest BCUT2D eigenvalue weighted by Gasteiger charge is -2.47. The Morgan fingerprint density at radius 2 is 1.96 bits per heavy atom. The SMILES string of the molecule is FC(F)(F)C1C=CC=CN1c1ccc(C23CCC(CO2)NC3)cc1. The van der Waals surface area contributed by atoms with Crippen molar-refractivity contribution in [1.82, 2.24) is 5.32 Å². The van der Waals surface area contributed by atoms with E-state index in [1.54, 1.807) is 18.2 Å². The molecule has 0 saturated carbocycles. The lowest BCUT2D eigenvalue weighted by Crippen LogP contribution is -2.57. The van der Waals surface area contributed by atoms with Gasteiger partial charge in [0.15, 0.2) is 0 Å². The summed E-state index contributed by atoms with van der Waals surface area (Å²) in [6.07, 6.45) is 3.39. The number of benzene rings is 1. The van der Waals surface area contributed by atoms with E-state index in [2.05, 4.69) is 5.32 Å². The Bertz CT molecular complexity index is 644. The molecule has 5 rings (SSSR count). The number of halogens is 3. The lowest BCUT2D eigenvalue weighted by atomic mass is 9.81. The van der Waals surface area contributed by atoms with Gasteiger partial charge in [0.1, 0.15) is 11.6 Å². The minimum atomic E-state index is -4.31. The Labute approximate surface area is 138 Å². The first-order valence-electron chi connectivity index (χ1n) is 8.16. The van der Waals surface area contributed by atoms with Gasteiger partial charge >= 0.3 is 6.18 Å². The van der Waals surface area contributed by atoms with Crippen LogP contribution in [0.2, 0.25) is 0 Å². The summed E-state index contributed by atoms with van der Waals surface area (Å²) < 4.78 is 45.7. The quantitative estimate of drug-likeness (QED) is 0.895. The van der Waals surface area contributed by atoms with Gasteiger partial charge in [-0.2, -0.15) is 13.2 Å². The van der Waals surface area contributed by atoms with E-state index in [-0.39, 0.29) is 5.60 Å². The largest absolute Gasteiger partial charge is 0.412 e. The second-order valence-corrected chi connectivity index (χ2v) is 6.59. The number of anilines is 1. The molecule has 24 heavy (non-hydrogen) atoms. The summed E-state index contributed by atoms with van der Waals surface area (Å²) in [6, 6.07) is 6.08. The molecule has 3 unspecified atom stereocenters. The minimum absolute atomic E-state index is 0.339. The number of ether oxygens (including phenoxy) is 1. The van der Waals surface area contributed by atoms with Gasteiger partial charge in [0.25, 0.3) is 0 Å². The van der Waals surface area contributed by atoms with E-state index in [1.165, 1.54) is 23.3 Å². The Morgan fingerprint density at radius 3 is 2.54 bits per heavy atom. The van der Waals surface area contributed by atoms with Crippen LogP contribution in [0.15, 0.2) is 48.7 Å². The van der Waals surface area contributed by atoms with Crippen LogP contribution in [0.4, 0.5) is 18.9 Å². The number of hydrogen-bond donors (Lipinski definition) is 1. The summed E-state index contributed by atoms with van der Waals surface area (Å²) in [6.45, 7) is 1.45. The van der Waals surface area contributed by atoms with Crippen LogP contribution in [0.3, 0.4) is 0 Å². The van der Waals surface area contributed by atoms with Crippen LogP contribution in [-0.4, -0.2) is 31.4 Å². The predicted molar refractivity (Wildman–Crippen MR) is 85.7 cm³/mol. The molecule has 3 fully saturated rings. The summed E-state index contributed by atoms with van der Waals surface area (Å²) in [7, 11) is 0. The van der Waals surface area contributed by atoms with Crippen molar-refractivity contribution < 1.29 is 17.9 Å². The molecule has 3 saturated heterocycles. The minimum Gasteiger partial charge on any atom is -0.367 e. The topological polar surface area (TPSA) is 24.5 Å². The van der Waals surface area contributed by atoms with Crippen molar-refractivity contribution in [2.45, 2.75) is 36.7 Å². The predicted octanol–water partition coefficient (Wildman–Crippen LogP) is 3.48. The third kappa shape index (κ3) is 2.63. The molecule has 1 aromatic rings. The molecule has 0 aliphatic carbocycles. The lowest BCUT2D eigenvalue weighted by molar-refractivity contribution is -0.136. The van der Waals surface area contributed by atoms with Gasteiger partial charge in [-0.25, -0.2) is 0 Å². The van der Waals surface area contributed by atoms with Crippen LogP contribution in [-0.2, 0) is 10.3 Å². The highest BCUT2D eigenvalue weighted by molar-refractivity contribution is 5.55. The zero-order valence-electron chi connectivity index (χ0n) is 13.1. The van der Waals surface area contributed by atoms with E-state index in [0.717, 1.165) is 24.9 Å².